The third-order valence-corrected chi connectivity index (χ3v) is 11.1. The van der Waals surface area contributed by atoms with Crippen LogP contribution in [0.15, 0.2) is 36.4 Å². The van der Waals surface area contributed by atoms with Gasteiger partial charge in [-0.1, -0.05) is 31.2 Å². The average Bonchev–Trinajstić information content (AvgIpc) is 3.54. The number of ether oxygens (including phenoxy) is 2. The van der Waals surface area contributed by atoms with Crippen LogP contribution < -0.4 is 15.0 Å². The molecule has 13 heteroatoms. The number of nitrogens with one attached hydrogen (secondary N) is 1. The minimum absolute atomic E-state index is 0. The standard InChI is InChI=1S/C37H43F2N5O4.2ClH/c1-3-20-5-4-6-28-27(20)11-12-31(46)32(28)33-30(38)15-29-35(34(33)39)41-37(42-36(29)43-16-21-7-8-22(17-43)40-21)48-19-25(45)18-44-23-9-10-24(44)14-26(13-23)47-2;;/h4-6,11-12,15,21-26,40,45-46H,3,7-10,13-14,16-19H2,1-2H3;2*1H/t21-,22+,23-,24+,25-,26?;;/m1../s1. The number of hydrogen-bond donors (Lipinski definition) is 3. The number of aliphatic hydroxyl groups is 1. The van der Waals surface area contributed by atoms with Gasteiger partial charge in [-0.25, -0.2) is 8.78 Å². The summed E-state index contributed by atoms with van der Waals surface area (Å²) in [7, 11) is 1.76. The number of piperazine rings is 1. The molecule has 0 saturated carbocycles. The molecule has 4 fully saturated rings. The minimum atomic E-state index is -0.889. The van der Waals surface area contributed by atoms with E-state index in [0.717, 1.165) is 55.9 Å². The van der Waals surface area contributed by atoms with E-state index in [-0.39, 0.29) is 83.4 Å². The average molecular weight is 733 g/mol. The molecule has 4 aliphatic heterocycles. The second-order valence-corrected chi connectivity index (χ2v) is 14.0. The van der Waals surface area contributed by atoms with Crippen molar-refractivity contribution in [3.63, 3.8) is 0 Å². The number of hydrogen-bond acceptors (Lipinski definition) is 9. The molecule has 8 rings (SSSR count). The predicted molar refractivity (Wildman–Crippen MR) is 195 cm³/mol. The van der Waals surface area contributed by atoms with E-state index in [1.165, 1.54) is 12.1 Å². The lowest BCUT2D eigenvalue weighted by Gasteiger charge is -2.39. The number of methoxy groups -OCH3 is 1. The summed E-state index contributed by atoms with van der Waals surface area (Å²) < 4.78 is 44.8. The minimum Gasteiger partial charge on any atom is -0.507 e. The third-order valence-electron chi connectivity index (χ3n) is 11.1. The third kappa shape index (κ3) is 6.57. The predicted octanol–water partition coefficient (Wildman–Crippen LogP) is 6.16. The van der Waals surface area contributed by atoms with Crippen LogP contribution >= 0.6 is 24.8 Å². The number of piperidine rings is 1. The number of nitrogens with zero attached hydrogens (tertiary/aromatic N) is 4. The molecule has 5 heterocycles. The first kappa shape index (κ1) is 36.7. The highest BCUT2D eigenvalue weighted by Crippen LogP contribution is 2.43. The SMILES string of the molecule is CCc1cccc2c(-c3c(F)cc4c(N5C[C@H]6CC[C@@H](C5)N6)nc(OC[C@H](O)CN5[C@@H]6CC[C@H]5CC(OC)C6)nc4c3F)c(O)ccc12.Cl.Cl. The first-order chi connectivity index (χ1) is 23.3. The van der Waals surface area contributed by atoms with E-state index in [1.807, 2.05) is 19.1 Å². The first-order valence-corrected chi connectivity index (χ1v) is 17.3. The normalized spacial score (nSPS) is 25.1. The van der Waals surface area contributed by atoms with Gasteiger partial charge in [0, 0.05) is 61.9 Å². The first-order valence-electron chi connectivity index (χ1n) is 17.3. The Bertz CT molecular complexity index is 1840. The molecular formula is C37H45Cl2F2N5O4. The Morgan fingerprint density at radius 2 is 1.66 bits per heavy atom. The Labute approximate surface area is 303 Å². The van der Waals surface area contributed by atoms with Gasteiger partial charge in [0.25, 0.3) is 0 Å². The molecule has 6 atom stereocenters. The summed E-state index contributed by atoms with van der Waals surface area (Å²) in [5.41, 5.74) is 0.669. The summed E-state index contributed by atoms with van der Waals surface area (Å²) in [5.74, 6) is -1.51. The molecule has 0 amide bonds. The van der Waals surface area contributed by atoms with Gasteiger partial charge < -0.3 is 29.9 Å². The molecule has 4 saturated heterocycles. The zero-order valence-corrected chi connectivity index (χ0v) is 29.9. The maximum Gasteiger partial charge on any atom is 0.319 e. The van der Waals surface area contributed by atoms with Crippen molar-refractivity contribution in [3.05, 3.63) is 53.6 Å². The van der Waals surface area contributed by atoms with Crippen molar-refractivity contribution in [2.24, 2.45) is 0 Å². The van der Waals surface area contributed by atoms with Gasteiger partial charge in [-0.05, 0) is 73.4 Å². The Kier molecular flexibility index (Phi) is 10.9. The number of aromatic hydroxyl groups is 1. The summed E-state index contributed by atoms with van der Waals surface area (Å²) in [4.78, 5) is 13.6. The van der Waals surface area contributed by atoms with Crippen LogP contribution in [-0.4, -0.2) is 94.8 Å². The number of phenols is 1. The number of halogens is 4. The number of fused-ring (bicyclic) bond motifs is 6. The molecule has 1 aromatic heterocycles. The molecule has 4 aliphatic rings. The van der Waals surface area contributed by atoms with Gasteiger partial charge in [-0.3, -0.25) is 4.90 Å². The fourth-order valence-corrected chi connectivity index (χ4v) is 8.83. The number of phenolic OH excluding ortho intramolecular Hbond substituents is 1. The van der Waals surface area contributed by atoms with Crippen LogP contribution in [0.3, 0.4) is 0 Å². The molecule has 3 aromatic carbocycles. The lowest BCUT2D eigenvalue weighted by Crippen LogP contribution is -2.51. The Hall–Kier alpha value is -3.06. The summed E-state index contributed by atoms with van der Waals surface area (Å²) in [6, 6.07) is 11.3. The van der Waals surface area contributed by atoms with Crippen molar-refractivity contribution in [2.75, 3.05) is 38.3 Å². The fourth-order valence-electron chi connectivity index (χ4n) is 8.83. The van der Waals surface area contributed by atoms with Gasteiger partial charge in [0.05, 0.1) is 11.7 Å². The van der Waals surface area contributed by atoms with Gasteiger partial charge in [0.1, 0.15) is 35.6 Å². The molecule has 4 aromatic rings. The highest BCUT2D eigenvalue weighted by Gasteiger charge is 2.41. The smallest absolute Gasteiger partial charge is 0.319 e. The zero-order chi connectivity index (χ0) is 33.1. The van der Waals surface area contributed by atoms with Gasteiger partial charge in [0.15, 0.2) is 5.82 Å². The maximum absolute atomic E-state index is 16.9. The lowest BCUT2D eigenvalue weighted by atomic mass is 9.92. The Morgan fingerprint density at radius 3 is 2.34 bits per heavy atom. The second kappa shape index (κ2) is 14.9. The van der Waals surface area contributed by atoms with Crippen LogP contribution in [-0.2, 0) is 11.2 Å². The quantitative estimate of drug-likeness (QED) is 0.187. The van der Waals surface area contributed by atoms with Crippen LogP contribution in [0, 0.1) is 11.6 Å². The Morgan fingerprint density at radius 1 is 0.940 bits per heavy atom. The zero-order valence-electron chi connectivity index (χ0n) is 28.3. The molecule has 270 valence electrons. The molecule has 1 unspecified atom stereocenters. The van der Waals surface area contributed by atoms with Crippen molar-refractivity contribution >= 4 is 52.3 Å². The number of benzene rings is 3. The van der Waals surface area contributed by atoms with Crippen molar-refractivity contribution in [1.29, 1.82) is 0 Å². The van der Waals surface area contributed by atoms with E-state index in [1.54, 1.807) is 19.2 Å². The van der Waals surface area contributed by atoms with Gasteiger partial charge in [-0.15, -0.1) is 24.8 Å². The molecule has 9 nitrogen and oxygen atoms in total. The molecule has 50 heavy (non-hydrogen) atoms. The summed E-state index contributed by atoms with van der Waals surface area (Å²) in [6.07, 6.45) is 6.31. The summed E-state index contributed by atoms with van der Waals surface area (Å²) in [6.45, 7) is 3.68. The second-order valence-electron chi connectivity index (χ2n) is 14.0. The lowest BCUT2D eigenvalue weighted by molar-refractivity contribution is -0.0190. The molecule has 0 radical (unpaired) electrons. The molecule has 0 spiro atoms. The number of aryl methyl sites for hydroxylation is 1. The molecule has 3 N–H and O–H groups in total. The monoisotopic (exact) mass is 731 g/mol. The van der Waals surface area contributed by atoms with E-state index in [4.69, 9.17) is 14.5 Å². The fraction of sp³-hybridized carbons (Fsp3) is 0.514. The summed E-state index contributed by atoms with van der Waals surface area (Å²) in [5, 5.41) is 27.3. The van der Waals surface area contributed by atoms with Crippen molar-refractivity contribution in [2.45, 2.75) is 88.2 Å². The van der Waals surface area contributed by atoms with E-state index < -0.39 is 17.7 Å². The van der Waals surface area contributed by atoms with E-state index in [2.05, 4.69) is 20.1 Å². The highest BCUT2D eigenvalue weighted by molar-refractivity contribution is 6.04. The van der Waals surface area contributed by atoms with Crippen LogP contribution in [0.25, 0.3) is 32.8 Å². The summed E-state index contributed by atoms with van der Waals surface area (Å²) >= 11 is 0. The van der Waals surface area contributed by atoms with Crippen molar-refractivity contribution < 1.29 is 28.5 Å². The van der Waals surface area contributed by atoms with E-state index in [0.29, 0.717) is 42.9 Å². The van der Waals surface area contributed by atoms with Crippen LogP contribution in [0.1, 0.15) is 51.0 Å². The number of aromatic nitrogens is 2. The van der Waals surface area contributed by atoms with E-state index in [9.17, 15) is 10.2 Å². The van der Waals surface area contributed by atoms with Gasteiger partial charge in [0.2, 0.25) is 0 Å². The van der Waals surface area contributed by atoms with Gasteiger partial charge >= 0.3 is 6.01 Å². The molecular weight excluding hydrogens is 687 g/mol. The molecule has 0 aliphatic carbocycles. The van der Waals surface area contributed by atoms with E-state index >= 15 is 8.78 Å². The van der Waals surface area contributed by atoms with Crippen LogP contribution in [0.2, 0.25) is 0 Å². The van der Waals surface area contributed by atoms with Crippen molar-refractivity contribution in [1.82, 2.24) is 20.2 Å². The van der Waals surface area contributed by atoms with Crippen LogP contribution in [0.5, 0.6) is 11.8 Å². The number of rotatable bonds is 9. The van der Waals surface area contributed by atoms with Gasteiger partial charge in [-0.2, -0.15) is 9.97 Å². The number of aliphatic hydroxyl groups excluding tert-OH is 1. The maximum atomic E-state index is 16.9. The highest BCUT2D eigenvalue weighted by atomic mass is 35.5. The molecule has 4 bridgehead atoms. The topological polar surface area (TPSA) is 103 Å². The largest absolute Gasteiger partial charge is 0.507 e. The Balaban J connectivity index is 0.00000216. The van der Waals surface area contributed by atoms with Crippen molar-refractivity contribution in [3.8, 4) is 22.9 Å². The number of anilines is 1. The van der Waals surface area contributed by atoms with Crippen LogP contribution in [0.4, 0.5) is 14.6 Å².